The van der Waals surface area contributed by atoms with E-state index >= 15 is 0 Å². The number of allylic oxidation sites excluding steroid dienone is 2. The van der Waals surface area contributed by atoms with E-state index in [0.29, 0.717) is 6.04 Å². The summed E-state index contributed by atoms with van der Waals surface area (Å²) in [6.07, 6.45) is 9.90. The van der Waals surface area contributed by atoms with Gasteiger partial charge in [-0.3, -0.25) is 0 Å². The fraction of sp³-hybridized carbons (Fsp3) is 0.833. The van der Waals surface area contributed by atoms with Crippen LogP contribution in [0, 0.1) is 17.8 Å². The van der Waals surface area contributed by atoms with Crippen molar-refractivity contribution in [2.75, 3.05) is 18.6 Å². The normalized spacial score (nSPS) is 36.6. The van der Waals surface area contributed by atoms with Crippen molar-refractivity contribution >= 4 is 11.8 Å². The van der Waals surface area contributed by atoms with Crippen LogP contribution in [0.2, 0.25) is 0 Å². The highest BCUT2D eigenvalue weighted by molar-refractivity contribution is 7.98. The van der Waals surface area contributed by atoms with Gasteiger partial charge in [0, 0.05) is 18.3 Å². The highest BCUT2D eigenvalue weighted by atomic mass is 32.2. The van der Waals surface area contributed by atoms with E-state index in [-0.39, 0.29) is 0 Å². The van der Waals surface area contributed by atoms with Crippen molar-refractivity contribution in [2.24, 2.45) is 17.8 Å². The Balaban J connectivity index is 1.75. The predicted molar refractivity (Wildman–Crippen MR) is 64.7 cm³/mol. The minimum atomic E-state index is 0.710. The Morgan fingerprint density at radius 1 is 1.43 bits per heavy atom. The Morgan fingerprint density at radius 2 is 2.29 bits per heavy atom. The van der Waals surface area contributed by atoms with Gasteiger partial charge in [-0.1, -0.05) is 12.2 Å². The molecule has 2 rings (SSSR count). The first-order chi connectivity index (χ1) is 6.81. The topological polar surface area (TPSA) is 12.0 Å². The van der Waals surface area contributed by atoms with Crippen LogP contribution in [0.15, 0.2) is 12.2 Å². The molecular weight excluding hydrogens is 190 g/mol. The molecule has 0 amide bonds. The van der Waals surface area contributed by atoms with Crippen LogP contribution >= 0.6 is 11.8 Å². The maximum atomic E-state index is 3.66. The molecule has 2 heteroatoms. The van der Waals surface area contributed by atoms with Gasteiger partial charge in [-0.25, -0.2) is 0 Å². The molecular formula is C12H21NS. The zero-order valence-electron chi connectivity index (χ0n) is 9.20. The standard InChI is InChI=1S/C12H21NS/c1-9(13-5-6-14-2)12-8-10-3-4-11(12)7-10/h3-4,9-13H,5-8H2,1-2H3. The average molecular weight is 211 g/mol. The molecule has 0 aromatic carbocycles. The van der Waals surface area contributed by atoms with Gasteiger partial charge in [0.2, 0.25) is 0 Å². The minimum absolute atomic E-state index is 0.710. The second-order valence-electron chi connectivity index (χ2n) is 4.68. The molecule has 2 bridgehead atoms. The van der Waals surface area contributed by atoms with Crippen LogP contribution in [0.25, 0.3) is 0 Å². The van der Waals surface area contributed by atoms with Crippen molar-refractivity contribution in [1.29, 1.82) is 0 Å². The molecule has 2 aliphatic carbocycles. The Labute approximate surface area is 91.7 Å². The summed E-state index contributed by atoms with van der Waals surface area (Å²) >= 11 is 1.92. The van der Waals surface area contributed by atoms with Crippen LogP contribution in [0.1, 0.15) is 19.8 Å². The molecule has 1 fully saturated rings. The first-order valence-corrected chi connectivity index (χ1v) is 7.11. The van der Waals surface area contributed by atoms with E-state index in [1.54, 1.807) is 0 Å². The van der Waals surface area contributed by atoms with Crippen molar-refractivity contribution < 1.29 is 0 Å². The Bertz CT molecular complexity index is 214. The van der Waals surface area contributed by atoms with Gasteiger partial charge in [0.1, 0.15) is 0 Å². The quantitative estimate of drug-likeness (QED) is 0.554. The summed E-state index contributed by atoms with van der Waals surface area (Å²) in [4.78, 5) is 0. The van der Waals surface area contributed by atoms with E-state index < -0.39 is 0 Å². The van der Waals surface area contributed by atoms with Crippen molar-refractivity contribution in [2.45, 2.75) is 25.8 Å². The zero-order valence-corrected chi connectivity index (χ0v) is 10.0. The Kier molecular flexibility index (Phi) is 3.56. The highest BCUT2D eigenvalue weighted by Crippen LogP contribution is 2.44. The third-order valence-corrected chi connectivity index (χ3v) is 4.36. The molecule has 80 valence electrons. The molecule has 0 aromatic rings. The van der Waals surface area contributed by atoms with Gasteiger partial charge < -0.3 is 5.32 Å². The first-order valence-electron chi connectivity index (χ1n) is 5.72. The molecule has 0 heterocycles. The second-order valence-corrected chi connectivity index (χ2v) is 5.67. The number of hydrogen-bond acceptors (Lipinski definition) is 2. The van der Waals surface area contributed by atoms with Gasteiger partial charge in [0.15, 0.2) is 0 Å². The van der Waals surface area contributed by atoms with Crippen molar-refractivity contribution in [3.8, 4) is 0 Å². The molecule has 0 radical (unpaired) electrons. The van der Waals surface area contributed by atoms with E-state index in [1.807, 2.05) is 11.8 Å². The van der Waals surface area contributed by atoms with Crippen molar-refractivity contribution in [1.82, 2.24) is 5.32 Å². The van der Waals surface area contributed by atoms with Crippen LogP contribution in [0.3, 0.4) is 0 Å². The maximum Gasteiger partial charge on any atom is 0.00731 e. The summed E-state index contributed by atoms with van der Waals surface area (Å²) < 4.78 is 0. The van der Waals surface area contributed by atoms with Crippen molar-refractivity contribution in [3.05, 3.63) is 12.2 Å². The molecule has 4 unspecified atom stereocenters. The fourth-order valence-electron chi connectivity index (χ4n) is 2.94. The van der Waals surface area contributed by atoms with Gasteiger partial charge in [-0.15, -0.1) is 0 Å². The largest absolute Gasteiger partial charge is 0.313 e. The second kappa shape index (κ2) is 4.71. The molecule has 0 aromatic heterocycles. The summed E-state index contributed by atoms with van der Waals surface area (Å²) in [6, 6.07) is 0.710. The smallest absolute Gasteiger partial charge is 0.00731 e. The van der Waals surface area contributed by atoms with Crippen LogP contribution in [-0.4, -0.2) is 24.6 Å². The van der Waals surface area contributed by atoms with Crippen LogP contribution in [0.4, 0.5) is 0 Å². The summed E-state index contributed by atoms with van der Waals surface area (Å²) in [5.74, 6) is 3.94. The number of nitrogens with one attached hydrogen (secondary N) is 1. The highest BCUT2D eigenvalue weighted by Gasteiger charge is 2.37. The molecule has 1 N–H and O–H groups in total. The van der Waals surface area contributed by atoms with Gasteiger partial charge in [0.05, 0.1) is 0 Å². The van der Waals surface area contributed by atoms with Gasteiger partial charge in [-0.2, -0.15) is 11.8 Å². The molecule has 14 heavy (non-hydrogen) atoms. The van der Waals surface area contributed by atoms with Crippen LogP contribution in [0.5, 0.6) is 0 Å². The van der Waals surface area contributed by atoms with Gasteiger partial charge >= 0.3 is 0 Å². The first kappa shape index (κ1) is 10.6. The van der Waals surface area contributed by atoms with E-state index in [4.69, 9.17) is 0 Å². The Hall–Kier alpha value is 0.0500. The van der Waals surface area contributed by atoms with Gasteiger partial charge in [-0.05, 0) is 43.8 Å². The van der Waals surface area contributed by atoms with E-state index in [9.17, 15) is 0 Å². The Morgan fingerprint density at radius 3 is 2.86 bits per heavy atom. The molecule has 1 nitrogen and oxygen atoms in total. The monoisotopic (exact) mass is 211 g/mol. The summed E-state index contributed by atoms with van der Waals surface area (Å²) in [5, 5.41) is 3.66. The van der Waals surface area contributed by atoms with E-state index in [1.165, 1.54) is 25.1 Å². The fourth-order valence-corrected chi connectivity index (χ4v) is 3.26. The van der Waals surface area contributed by atoms with E-state index in [2.05, 4.69) is 30.6 Å². The average Bonchev–Trinajstić information content (AvgIpc) is 2.79. The summed E-state index contributed by atoms with van der Waals surface area (Å²) in [7, 11) is 0. The maximum absolute atomic E-state index is 3.66. The zero-order chi connectivity index (χ0) is 9.97. The predicted octanol–water partition coefficient (Wildman–Crippen LogP) is 2.54. The van der Waals surface area contributed by atoms with Crippen LogP contribution in [-0.2, 0) is 0 Å². The van der Waals surface area contributed by atoms with Crippen LogP contribution < -0.4 is 5.32 Å². The third kappa shape index (κ3) is 2.17. The van der Waals surface area contributed by atoms with Crippen molar-refractivity contribution in [3.63, 3.8) is 0 Å². The lowest BCUT2D eigenvalue weighted by Gasteiger charge is -2.26. The summed E-state index contributed by atoms with van der Waals surface area (Å²) in [5.41, 5.74) is 0. The molecule has 0 spiro atoms. The number of hydrogen-bond donors (Lipinski definition) is 1. The lowest BCUT2D eigenvalue weighted by molar-refractivity contribution is 0.333. The molecule has 4 atom stereocenters. The lowest BCUT2D eigenvalue weighted by atomic mass is 9.87. The minimum Gasteiger partial charge on any atom is -0.313 e. The summed E-state index contributed by atoms with van der Waals surface area (Å²) in [6.45, 7) is 3.53. The molecule has 0 aliphatic heterocycles. The van der Waals surface area contributed by atoms with E-state index in [0.717, 1.165) is 17.8 Å². The number of thioether (sulfide) groups is 1. The lowest BCUT2D eigenvalue weighted by Crippen LogP contribution is -2.36. The number of fused-ring (bicyclic) bond motifs is 2. The SMILES string of the molecule is CSCCNC(C)C1CC2C=CC1C2. The number of rotatable bonds is 5. The van der Waals surface area contributed by atoms with Gasteiger partial charge in [0.25, 0.3) is 0 Å². The molecule has 1 saturated carbocycles. The molecule has 0 saturated heterocycles. The molecule has 2 aliphatic rings. The third-order valence-electron chi connectivity index (χ3n) is 3.74.